The van der Waals surface area contributed by atoms with Crippen LogP contribution in [-0.4, -0.2) is 22.9 Å². The van der Waals surface area contributed by atoms with E-state index in [4.69, 9.17) is 15.5 Å². The minimum atomic E-state index is -0.500. The van der Waals surface area contributed by atoms with Crippen LogP contribution in [0.4, 0.5) is 17.1 Å². The third-order valence-electron chi connectivity index (χ3n) is 6.06. The Morgan fingerprint density at radius 3 is 2.43 bits per heavy atom. The van der Waals surface area contributed by atoms with E-state index in [1.54, 1.807) is 20.1 Å². The van der Waals surface area contributed by atoms with E-state index in [1.807, 2.05) is 60.7 Å². The van der Waals surface area contributed by atoms with Gasteiger partial charge in [-0.15, -0.1) is 11.3 Å². The number of fused-ring (bicyclic) bond motifs is 1. The third kappa shape index (κ3) is 4.60. The Morgan fingerprint density at radius 2 is 1.76 bits per heavy atom. The molecule has 0 spiro atoms. The van der Waals surface area contributed by atoms with E-state index in [2.05, 4.69) is 5.32 Å². The highest BCUT2D eigenvalue weighted by molar-refractivity contribution is 7.21. The highest BCUT2D eigenvalue weighted by atomic mass is 32.1. The molecule has 9 heteroatoms. The van der Waals surface area contributed by atoms with Gasteiger partial charge in [0.2, 0.25) is 0 Å². The van der Waals surface area contributed by atoms with Crippen LogP contribution >= 0.6 is 11.3 Å². The second kappa shape index (κ2) is 9.71. The number of pyridine rings is 1. The van der Waals surface area contributed by atoms with Crippen LogP contribution in [0.2, 0.25) is 0 Å². The van der Waals surface area contributed by atoms with E-state index in [0.29, 0.717) is 27.2 Å². The summed E-state index contributed by atoms with van der Waals surface area (Å²) in [5, 5.41) is 14.7. The fourth-order valence-electron chi connectivity index (χ4n) is 4.08. The average Bonchev–Trinajstić information content (AvgIpc) is 3.26. The number of anilines is 2. The summed E-state index contributed by atoms with van der Waals surface area (Å²) < 4.78 is 5.27. The van der Waals surface area contributed by atoms with Crippen LogP contribution in [0.25, 0.3) is 32.6 Å². The van der Waals surface area contributed by atoms with E-state index in [0.717, 1.165) is 28.1 Å². The summed E-state index contributed by atoms with van der Waals surface area (Å²) in [5.74, 6) is 0.290. The summed E-state index contributed by atoms with van der Waals surface area (Å²) in [6, 6.07) is 23.7. The number of nitrogens with zero attached hydrogens (tertiary/aromatic N) is 2. The smallest absolute Gasteiger partial charge is 0.271 e. The molecule has 0 bridgehead atoms. The van der Waals surface area contributed by atoms with E-state index in [9.17, 15) is 14.9 Å². The Hall–Kier alpha value is -4.76. The molecule has 2 aromatic heterocycles. The van der Waals surface area contributed by atoms with E-state index < -0.39 is 10.8 Å². The van der Waals surface area contributed by atoms with Gasteiger partial charge < -0.3 is 15.8 Å². The number of non-ortho nitro benzene ring substituents is 1. The topological polar surface area (TPSA) is 120 Å². The van der Waals surface area contributed by atoms with Crippen LogP contribution in [-0.2, 0) is 0 Å². The number of benzene rings is 3. The molecule has 0 aliphatic carbocycles. The molecular weight excluding hydrogens is 488 g/mol. The number of thiophene rings is 1. The number of aryl methyl sites for hydroxylation is 1. The molecule has 0 fully saturated rings. The largest absolute Gasteiger partial charge is 0.497 e. The first-order valence-corrected chi connectivity index (χ1v) is 12.2. The highest BCUT2D eigenvalue weighted by Gasteiger charge is 2.22. The van der Waals surface area contributed by atoms with Crippen LogP contribution in [0.15, 0.2) is 78.9 Å². The predicted octanol–water partition coefficient (Wildman–Crippen LogP) is 6.69. The van der Waals surface area contributed by atoms with Crippen LogP contribution < -0.4 is 15.8 Å². The zero-order valence-corrected chi connectivity index (χ0v) is 20.8. The van der Waals surface area contributed by atoms with E-state index >= 15 is 0 Å². The lowest BCUT2D eigenvalue weighted by atomic mass is 9.99. The number of rotatable bonds is 6. The number of carbonyl (C=O) groups excluding carboxylic acids is 1. The summed E-state index contributed by atoms with van der Waals surface area (Å²) in [7, 11) is 1.61. The molecule has 0 saturated heterocycles. The molecule has 2 heterocycles. The molecule has 8 nitrogen and oxygen atoms in total. The molecule has 5 aromatic rings. The first kappa shape index (κ1) is 24.0. The quantitative estimate of drug-likeness (QED) is 0.194. The number of nitro groups is 1. The lowest BCUT2D eigenvalue weighted by Crippen LogP contribution is -2.13. The van der Waals surface area contributed by atoms with Gasteiger partial charge in [0.1, 0.15) is 15.5 Å². The van der Waals surface area contributed by atoms with Crippen molar-refractivity contribution in [3.8, 4) is 28.1 Å². The number of methoxy groups -OCH3 is 1. The molecule has 5 rings (SSSR count). The Morgan fingerprint density at radius 1 is 1.03 bits per heavy atom. The molecule has 0 saturated carbocycles. The number of aromatic nitrogens is 1. The molecule has 0 atom stereocenters. The normalized spacial score (nSPS) is 10.9. The number of nitro benzene ring substituents is 1. The van der Waals surface area contributed by atoms with Crippen molar-refractivity contribution in [2.24, 2.45) is 0 Å². The van der Waals surface area contributed by atoms with Crippen molar-refractivity contribution in [1.29, 1.82) is 0 Å². The van der Waals surface area contributed by atoms with Crippen LogP contribution in [0, 0.1) is 17.0 Å². The van der Waals surface area contributed by atoms with Crippen LogP contribution in [0.5, 0.6) is 5.75 Å². The summed E-state index contributed by atoms with van der Waals surface area (Å²) >= 11 is 1.19. The summed E-state index contributed by atoms with van der Waals surface area (Å²) in [4.78, 5) is 29.8. The van der Waals surface area contributed by atoms with Crippen molar-refractivity contribution in [3.63, 3.8) is 0 Å². The molecule has 0 radical (unpaired) electrons. The van der Waals surface area contributed by atoms with Gasteiger partial charge in [0.15, 0.2) is 0 Å². The fraction of sp³-hybridized carbons (Fsp3) is 0.0714. The van der Waals surface area contributed by atoms with Crippen LogP contribution in [0.3, 0.4) is 0 Å². The van der Waals surface area contributed by atoms with Crippen molar-refractivity contribution in [3.05, 3.63) is 99.4 Å². The standard InChI is InChI=1S/C28H22N4O4S/c1-16-8-11-19(32(34)35)14-22(16)30-27(33)26-25(29)24-21(17-6-4-3-5-7-17)15-23(31-28(24)37-26)18-9-12-20(36-2)13-10-18/h3-15H,29H2,1-2H3,(H,30,33). The van der Waals surface area contributed by atoms with Crippen molar-refractivity contribution >= 4 is 44.5 Å². The van der Waals surface area contributed by atoms with Crippen molar-refractivity contribution < 1.29 is 14.5 Å². The highest BCUT2D eigenvalue weighted by Crippen LogP contribution is 2.41. The minimum absolute atomic E-state index is 0.109. The average molecular weight is 511 g/mol. The first-order chi connectivity index (χ1) is 17.9. The van der Waals surface area contributed by atoms with Gasteiger partial charge in [-0.2, -0.15) is 0 Å². The minimum Gasteiger partial charge on any atom is -0.497 e. The van der Waals surface area contributed by atoms with E-state index in [-0.39, 0.29) is 10.6 Å². The Balaban J connectivity index is 1.63. The van der Waals surface area contributed by atoms with Crippen LogP contribution in [0.1, 0.15) is 15.2 Å². The maximum absolute atomic E-state index is 13.3. The first-order valence-electron chi connectivity index (χ1n) is 11.3. The number of hydrogen-bond acceptors (Lipinski definition) is 7. The monoisotopic (exact) mass is 510 g/mol. The number of ether oxygens (including phenoxy) is 1. The summed E-state index contributed by atoms with van der Waals surface area (Å²) in [6.45, 7) is 1.77. The molecule has 0 aliphatic rings. The van der Waals surface area contributed by atoms with Gasteiger partial charge in [0.05, 0.1) is 29.1 Å². The molecule has 184 valence electrons. The number of amides is 1. The molecule has 0 unspecified atom stereocenters. The molecule has 3 N–H and O–H groups in total. The number of nitrogens with two attached hydrogens (primary N) is 1. The summed E-state index contributed by atoms with van der Waals surface area (Å²) in [5.41, 5.74) is 11.2. The van der Waals surface area contributed by atoms with Gasteiger partial charge >= 0.3 is 0 Å². The number of nitrogen functional groups attached to an aromatic ring is 1. The Labute approximate surface area is 216 Å². The van der Waals surface area contributed by atoms with Crippen molar-refractivity contribution in [2.45, 2.75) is 6.92 Å². The van der Waals surface area contributed by atoms with Gasteiger partial charge in [-0.05, 0) is 53.9 Å². The maximum atomic E-state index is 13.3. The van der Waals surface area contributed by atoms with Gasteiger partial charge in [-0.3, -0.25) is 14.9 Å². The van der Waals surface area contributed by atoms with Gasteiger partial charge in [0.25, 0.3) is 11.6 Å². The molecule has 37 heavy (non-hydrogen) atoms. The molecule has 3 aromatic carbocycles. The summed E-state index contributed by atoms with van der Waals surface area (Å²) in [6.07, 6.45) is 0. The van der Waals surface area contributed by atoms with Gasteiger partial charge in [-0.1, -0.05) is 36.4 Å². The predicted molar refractivity (Wildman–Crippen MR) is 147 cm³/mol. The number of hydrogen-bond donors (Lipinski definition) is 2. The van der Waals surface area contributed by atoms with E-state index in [1.165, 1.54) is 23.5 Å². The lowest BCUT2D eigenvalue weighted by molar-refractivity contribution is -0.384. The second-order valence-electron chi connectivity index (χ2n) is 8.39. The zero-order valence-electron chi connectivity index (χ0n) is 20.0. The zero-order chi connectivity index (χ0) is 26.1. The SMILES string of the molecule is COc1ccc(-c2cc(-c3ccccc3)c3c(N)c(C(=O)Nc4cc([N+](=O)[O-])ccc4C)sc3n2)cc1. The molecule has 1 amide bonds. The fourth-order valence-corrected chi connectivity index (χ4v) is 5.10. The van der Waals surface area contributed by atoms with Crippen molar-refractivity contribution in [1.82, 2.24) is 4.98 Å². The number of nitrogens with one attached hydrogen (secondary N) is 1. The Kier molecular flexibility index (Phi) is 6.29. The molecular formula is C28H22N4O4S. The third-order valence-corrected chi connectivity index (χ3v) is 7.15. The van der Waals surface area contributed by atoms with Crippen molar-refractivity contribution in [2.75, 3.05) is 18.2 Å². The molecule has 0 aliphatic heterocycles. The Bertz CT molecular complexity index is 1650. The maximum Gasteiger partial charge on any atom is 0.271 e. The lowest BCUT2D eigenvalue weighted by Gasteiger charge is -2.10. The second-order valence-corrected chi connectivity index (χ2v) is 9.38. The van der Waals surface area contributed by atoms with Gasteiger partial charge in [-0.25, -0.2) is 4.98 Å². The number of carbonyl (C=O) groups is 1. The van der Waals surface area contributed by atoms with Gasteiger partial charge in [0, 0.05) is 23.1 Å².